The molecule has 4 rings (SSSR count). The molecule has 7 heteroatoms. The van der Waals surface area contributed by atoms with Gasteiger partial charge in [-0.2, -0.15) is 0 Å². The summed E-state index contributed by atoms with van der Waals surface area (Å²) in [5, 5.41) is 3.03. The van der Waals surface area contributed by atoms with E-state index in [1.54, 1.807) is 4.90 Å². The fourth-order valence-corrected chi connectivity index (χ4v) is 4.28. The summed E-state index contributed by atoms with van der Waals surface area (Å²) in [6, 6.07) is 8.15. The smallest absolute Gasteiger partial charge is 0.253 e. The molecule has 0 bridgehead atoms. The van der Waals surface area contributed by atoms with Gasteiger partial charge in [-0.25, -0.2) is 0 Å². The molecular weight excluding hydrogens is 356 g/mol. The normalized spacial score (nSPS) is 21.9. The van der Waals surface area contributed by atoms with Crippen LogP contribution in [-0.4, -0.2) is 61.1 Å². The van der Waals surface area contributed by atoms with Gasteiger partial charge in [0.05, 0.1) is 6.61 Å². The van der Waals surface area contributed by atoms with Crippen molar-refractivity contribution in [1.82, 2.24) is 4.90 Å². The lowest BCUT2D eigenvalue weighted by atomic mass is 9.83. The van der Waals surface area contributed by atoms with Gasteiger partial charge in [0.15, 0.2) is 0 Å². The molecule has 0 aromatic heterocycles. The zero-order chi connectivity index (χ0) is 19.5. The lowest BCUT2D eigenvalue weighted by Crippen LogP contribution is -2.60. The quantitative estimate of drug-likeness (QED) is 0.745. The Balaban J connectivity index is 1.42. The summed E-state index contributed by atoms with van der Waals surface area (Å²) in [6.45, 7) is 1.55. The maximum Gasteiger partial charge on any atom is 0.253 e. The average molecular weight is 386 g/mol. The zero-order valence-electron chi connectivity index (χ0n) is 16.3. The molecule has 1 heterocycles. The topological polar surface area (TPSA) is 87.9 Å². The second kappa shape index (κ2) is 8.59. The maximum atomic E-state index is 13.0. The van der Waals surface area contributed by atoms with Crippen LogP contribution in [0.3, 0.4) is 0 Å². The van der Waals surface area contributed by atoms with Crippen LogP contribution >= 0.6 is 0 Å². The highest BCUT2D eigenvalue weighted by Crippen LogP contribution is 2.35. The minimum Gasteiger partial charge on any atom is -0.370 e. The second-order valence-electron chi connectivity index (χ2n) is 8.00. The maximum absolute atomic E-state index is 13.0. The molecule has 1 aliphatic heterocycles. The molecule has 1 aromatic rings. The highest BCUT2D eigenvalue weighted by molar-refractivity contribution is 5.97. The van der Waals surface area contributed by atoms with Gasteiger partial charge in [-0.3, -0.25) is 14.5 Å². The van der Waals surface area contributed by atoms with E-state index in [1.165, 1.54) is 38.5 Å². The average Bonchev–Trinajstić information content (AvgIpc) is 2.61. The van der Waals surface area contributed by atoms with Gasteiger partial charge in [-0.1, -0.05) is 12.8 Å². The molecule has 152 valence electrons. The molecule has 2 aliphatic carbocycles. The Bertz CT molecular complexity index is 686. The molecule has 3 aliphatic rings. The molecule has 1 saturated heterocycles. The number of rotatable bonds is 7. The summed E-state index contributed by atoms with van der Waals surface area (Å²) in [5.41, 5.74) is 7.60. The molecule has 0 unspecified atom stereocenters. The zero-order valence-corrected chi connectivity index (χ0v) is 16.3. The molecular formula is C21H30N4O3. The Hall–Kier alpha value is -1.96. The number of carbonyl (C=O) groups excluding carboxylic acids is 2. The van der Waals surface area contributed by atoms with Crippen molar-refractivity contribution in [3.63, 3.8) is 0 Å². The minimum absolute atomic E-state index is 0.0310. The number of carbonyl (C=O) groups is 2. The van der Waals surface area contributed by atoms with Crippen molar-refractivity contribution < 1.29 is 14.3 Å². The Labute approximate surface area is 166 Å². The number of nitrogens with two attached hydrogens (primary N) is 1. The third-order valence-electron chi connectivity index (χ3n) is 6.31. The Kier molecular flexibility index (Phi) is 5.94. The van der Waals surface area contributed by atoms with Gasteiger partial charge >= 0.3 is 0 Å². The lowest BCUT2D eigenvalue weighted by molar-refractivity contribution is -0.126. The van der Waals surface area contributed by atoms with Crippen LogP contribution < -0.4 is 16.0 Å². The first-order valence-corrected chi connectivity index (χ1v) is 10.4. The van der Waals surface area contributed by atoms with E-state index in [0.29, 0.717) is 31.8 Å². The number of hydrogen-bond donors (Lipinski definition) is 2. The van der Waals surface area contributed by atoms with E-state index in [2.05, 4.69) is 10.2 Å². The first-order valence-electron chi connectivity index (χ1n) is 10.4. The van der Waals surface area contributed by atoms with Gasteiger partial charge in [0, 0.05) is 36.5 Å². The molecule has 0 spiro atoms. The SMILES string of the molecule is NC[C@H](C(=O)Nc1ccc(N2CCOCC2=O)cc1)N(C1CCC1)C1CCC1. The molecule has 7 nitrogen and oxygen atoms in total. The highest BCUT2D eigenvalue weighted by Gasteiger charge is 2.40. The number of benzene rings is 1. The molecule has 3 fully saturated rings. The van der Waals surface area contributed by atoms with Crippen LogP contribution in [0.25, 0.3) is 0 Å². The number of nitrogens with zero attached hydrogens (tertiary/aromatic N) is 2. The Morgan fingerprint density at radius 3 is 2.32 bits per heavy atom. The molecule has 0 radical (unpaired) electrons. The first kappa shape index (κ1) is 19.4. The molecule has 28 heavy (non-hydrogen) atoms. The van der Waals surface area contributed by atoms with Crippen molar-refractivity contribution in [2.45, 2.75) is 56.7 Å². The summed E-state index contributed by atoms with van der Waals surface area (Å²) < 4.78 is 5.17. The summed E-state index contributed by atoms with van der Waals surface area (Å²) in [5.74, 6) is -0.0700. The van der Waals surface area contributed by atoms with Crippen LogP contribution in [0, 0.1) is 0 Å². The van der Waals surface area contributed by atoms with Gasteiger partial charge in [0.2, 0.25) is 5.91 Å². The molecule has 1 aromatic carbocycles. The van der Waals surface area contributed by atoms with Crippen LogP contribution in [0.2, 0.25) is 0 Å². The van der Waals surface area contributed by atoms with E-state index in [0.717, 1.165) is 11.4 Å². The first-order chi connectivity index (χ1) is 13.7. The Morgan fingerprint density at radius 1 is 1.18 bits per heavy atom. The number of morpholine rings is 1. The number of anilines is 2. The standard InChI is InChI=1S/C21H30N4O3/c22-13-19(25(17-3-1-4-17)18-5-2-6-18)21(27)23-15-7-9-16(10-8-15)24-11-12-28-14-20(24)26/h7-10,17-19H,1-6,11-14,22H2,(H,23,27)/t19-/m1/s1. The fourth-order valence-electron chi connectivity index (χ4n) is 4.28. The van der Waals surface area contributed by atoms with Gasteiger partial charge in [-0.15, -0.1) is 0 Å². The van der Waals surface area contributed by atoms with Crippen LogP contribution in [0.15, 0.2) is 24.3 Å². The van der Waals surface area contributed by atoms with E-state index in [4.69, 9.17) is 10.5 Å². The molecule has 1 atom stereocenters. The summed E-state index contributed by atoms with van der Waals surface area (Å²) in [4.78, 5) is 29.1. The summed E-state index contributed by atoms with van der Waals surface area (Å²) in [7, 11) is 0. The predicted molar refractivity (Wildman–Crippen MR) is 108 cm³/mol. The van der Waals surface area contributed by atoms with Crippen LogP contribution in [0.4, 0.5) is 11.4 Å². The van der Waals surface area contributed by atoms with Gasteiger partial charge in [-0.05, 0) is 49.9 Å². The molecule has 3 N–H and O–H groups in total. The van der Waals surface area contributed by atoms with Crippen molar-refractivity contribution in [3.8, 4) is 0 Å². The second-order valence-corrected chi connectivity index (χ2v) is 8.00. The van der Waals surface area contributed by atoms with Crippen molar-refractivity contribution in [3.05, 3.63) is 24.3 Å². The summed E-state index contributed by atoms with van der Waals surface area (Å²) >= 11 is 0. The third kappa shape index (κ3) is 3.92. The highest BCUT2D eigenvalue weighted by atomic mass is 16.5. The van der Waals surface area contributed by atoms with E-state index in [1.807, 2.05) is 24.3 Å². The number of amides is 2. The fraction of sp³-hybridized carbons (Fsp3) is 0.619. The number of hydrogen-bond acceptors (Lipinski definition) is 5. The van der Waals surface area contributed by atoms with E-state index in [-0.39, 0.29) is 24.5 Å². The lowest BCUT2D eigenvalue weighted by Gasteiger charge is -2.49. The van der Waals surface area contributed by atoms with E-state index in [9.17, 15) is 9.59 Å². The monoisotopic (exact) mass is 386 g/mol. The van der Waals surface area contributed by atoms with Gasteiger partial charge in [0.25, 0.3) is 5.91 Å². The van der Waals surface area contributed by atoms with Gasteiger partial charge < -0.3 is 20.7 Å². The van der Waals surface area contributed by atoms with Crippen molar-refractivity contribution in [1.29, 1.82) is 0 Å². The van der Waals surface area contributed by atoms with E-state index < -0.39 is 0 Å². The molecule has 2 amide bonds. The van der Waals surface area contributed by atoms with E-state index >= 15 is 0 Å². The number of ether oxygens (including phenoxy) is 1. The largest absolute Gasteiger partial charge is 0.370 e. The van der Waals surface area contributed by atoms with Crippen molar-refractivity contribution in [2.24, 2.45) is 5.73 Å². The van der Waals surface area contributed by atoms with Gasteiger partial charge in [0.1, 0.15) is 12.6 Å². The van der Waals surface area contributed by atoms with Crippen molar-refractivity contribution >= 4 is 23.2 Å². The van der Waals surface area contributed by atoms with Crippen LogP contribution in [-0.2, 0) is 14.3 Å². The molecule has 2 saturated carbocycles. The van der Waals surface area contributed by atoms with Crippen LogP contribution in [0.5, 0.6) is 0 Å². The Morgan fingerprint density at radius 2 is 1.82 bits per heavy atom. The summed E-state index contributed by atoms with van der Waals surface area (Å²) in [6.07, 6.45) is 7.17. The number of nitrogens with one attached hydrogen (secondary N) is 1. The van der Waals surface area contributed by atoms with Crippen molar-refractivity contribution in [2.75, 3.05) is 36.5 Å². The predicted octanol–water partition coefficient (Wildman–Crippen LogP) is 1.72. The van der Waals surface area contributed by atoms with Crippen LogP contribution in [0.1, 0.15) is 38.5 Å². The minimum atomic E-state index is -0.281. The third-order valence-corrected chi connectivity index (χ3v) is 6.31.